The summed E-state index contributed by atoms with van der Waals surface area (Å²) < 4.78 is 1.94. The summed E-state index contributed by atoms with van der Waals surface area (Å²) in [6.07, 6.45) is 8.15. The summed E-state index contributed by atoms with van der Waals surface area (Å²) in [5, 5.41) is 0. The van der Waals surface area contributed by atoms with E-state index in [2.05, 4.69) is 40.0 Å². The van der Waals surface area contributed by atoms with Crippen molar-refractivity contribution in [1.29, 1.82) is 0 Å². The van der Waals surface area contributed by atoms with E-state index in [-0.39, 0.29) is 5.78 Å². The molecule has 0 spiro atoms. The van der Waals surface area contributed by atoms with Crippen LogP contribution in [0.2, 0.25) is 0 Å². The van der Waals surface area contributed by atoms with Gasteiger partial charge in [-0.3, -0.25) is 9.36 Å². The Labute approximate surface area is 189 Å². The fraction of sp³-hybridized carbons (Fsp3) is 0.346. The van der Waals surface area contributed by atoms with Crippen LogP contribution >= 0.6 is 0 Å². The summed E-state index contributed by atoms with van der Waals surface area (Å²) in [5.41, 5.74) is 5.02. The average Bonchev–Trinajstić information content (AvgIpc) is 2.95. The number of pyridine rings is 1. The first-order valence-corrected chi connectivity index (χ1v) is 11.4. The number of anilines is 1. The second-order valence-electron chi connectivity index (χ2n) is 8.74. The molecule has 2 aromatic heterocycles. The fourth-order valence-electron chi connectivity index (χ4n) is 4.62. The maximum absolute atomic E-state index is 13.1. The third-order valence-electron chi connectivity index (χ3n) is 6.49. The van der Waals surface area contributed by atoms with Gasteiger partial charge < -0.3 is 9.80 Å². The number of carbonyl (C=O) groups is 1. The lowest BCUT2D eigenvalue weighted by atomic mass is 10.0. The smallest absolute Gasteiger partial charge is 0.165 e. The number of hydrogen-bond donors (Lipinski definition) is 0. The predicted molar refractivity (Wildman–Crippen MR) is 128 cm³/mol. The lowest BCUT2D eigenvalue weighted by Crippen LogP contribution is -2.28. The van der Waals surface area contributed by atoms with Crippen LogP contribution in [-0.4, -0.2) is 58.4 Å². The van der Waals surface area contributed by atoms with Gasteiger partial charge in [0.2, 0.25) is 0 Å². The van der Waals surface area contributed by atoms with Gasteiger partial charge in [-0.05, 0) is 74.8 Å². The number of allylic oxidation sites excluding steroid dienone is 1. The van der Waals surface area contributed by atoms with Crippen LogP contribution in [0, 0.1) is 6.92 Å². The SMILES string of the molecule is Cc1nc(C2=Cc3ccc(N4CCCN(C)CC4)cc3CCC2=O)cn1-c1ccccn1. The molecule has 1 fully saturated rings. The quantitative estimate of drug-likeness (QED) is 0.637. The van der Waals surface area contributed by atoms with Crippen LogP contribution in [0.25, 0.3) is 17.5 Å². The number of benzene rings is 1. The molecule has 3 heterocycles. The molecule has 1 aliphatic heterocycles. The molecule has 0 saturated carbocycles. The summed E-state index contributed by atoms with van der Waals surface area (Å²) in [6.45, 7) is 6.29. The van der Waals surface area contributed by atoms with E-state index in [1.807, 2.05) is 42.0 Å². The van der Waals surface area contributed by atoms with Gasteiger partial charge in [0, 0.05) is 49.7 Å². The van der Waals surface area contributed by atoms with Crippen LogP contribution in [0.4, 0.5) is 5.69 Å². The Morgan fingerprint density at radius 1 is 1.00 bits per heavy atom. The van der Waals surface area contributed by atoms with Crippen molar-refractivity contribution in [1.82, 2.24) is 19.4 Å². The van der Waals surface area contributed by atoms with E-state index in [1.54, 1.807) is 6.20 Å². The molecule has 2 aliphatic rings. The fourth-order valence-corrected chi connectivity index (χ4v) is 4.62. The predicted octanol–water partition coefficient (Wildman–Crippen LogP) is 3.77. The van der Waals surface area contributed by atoms with Gasteiger partial charge in [0.15, 0.2) is 5.78 Å². The van der Waals surface area contributed by atoms with Crippen LogP contribution < -0.4 is 4.90 Å². The third kappa shape index (κ3) is 4.10. The minimum atomic E-state index is 0.143. The highest BCUT2D eigenvalue weighted by molar-refractivity contribution is 6.25. The Hall–Kier alpha value is -3.25. The number of rotatable bonds is 3. The van der Waals surface area contributed by atoms with Gasteiger partial charge >= 0.3 is 0 Å². The highest BCUT2D eigenvalue weighted by atomic mass is 16.1. The standard InChI is InChI=1S/C26H29N5O/c1-19-28-24(18-31(19)26-6-3-4-11-27-26)23-17-21-7-9-22(16-20(21)8-10-25(23)32)30-13-5-12-29(2)14-15-30/h3-4,6-7,9,11,16-18H,5,8,10,12-15H2,1-2H3. The molecule has 0 atom stereocenters. The molecule has 0 amide bonds. The summed E-state index contributed by atoms with van der Waals surface area (Å²) in [7, 11) is 2.19. The van der Waals surface area contributed by atoms with Crippen LogP contribution in [0.15, 0.2) is 48.8 Å². The number of aromatic nitrogens is 3. The average molecular weight is 428 g/mol. The van der Waals surface area contributed by atoms with Crippen molar-refractivity contribution in [3.63, 3.8) is 0 Å². The van der Waals surface area contributed by atoms with Crippen molar-refractivity contribution in [3.8, 4) is 5.82 Å². The van der Waals surface area contributed by atoms with Crippen molar-refractivity contribution in [2.24, 2.45) is 0 Å². The van der Waals surface area contributed by atoms with Crippen molar-refractivity contribution in [2.75, 3.05) is 38.1 Å². The van der Waals surface area contributed by atoms with E-state index in [4.69, 9.17) is 4.98 Å². The summed E-state index contributed by atoms with van der Waals surface area (Å²) >= 11 is 0. The van der Waals surface area contributed by atoms with Crippen LogP contribution in [0.3, 0.4) is 0 Å². The van der Waals surface area contributed by atoms with Crippen molar-refractivity contribution in [3.05, 3.63) is 71.4 Å². The molecule has 164 valence electrons. The molecule has 1 aromatic carbocycles. The van der Waals surface area contributed by atoms with Gasteiger partial charge in [-0.2, -0.15) is 0 Å². The summed E-state index contributed by atoms with van der Waals surface area (Å²) in [6, 6.07) is 12.4. The summed E-state index contributed by atoms with van der Waals surface area (Å²) in [4.78, 5) is 27.0. The molecule has 1 saturated heterocycles. The zero-order valence-electron chi connectivity index (χ0n) is 18.8. The van der Waals surface area contributed by atoms with Gasteiger partial charge in [-0.15, -0.1) is 0 Å². The van der Waals surface area contributed by atoms with E-state index in [1.165, 1.54) is 17.7 Å². The van der Waals surface area contributed by atoms with E-state index >= 15 is 0 Å². The molecule has 6 heteroatoms. The molecular weight excluding hydrogens is 398 g/mol. The number of likely N-dealkylation sites (N-methyl/N-ethyl adjacent to an activating group) is 1. The van der Waals surface area contributed by atoms with E-state index < -0.39 is 0 Å². The number of fused-ring (bicyclic) bond motifs is 1. The second kappa shape index (κ2) is 8.71. The maximum atomic E-state index is 13.1. The molecule has 0 bridgehead atoms. The Kier molecular flexibility index (Phi) is 5.62. The number of hydrogen-bond acceptors (Lipinski definition) is 5. The lowest BCUT2D eigenvalue weighted by molar-refractivity contribution is -0.113. The minimum absolute atomic E-state index is 0.143. The molecule has 3 aromatic rings. The van der Waals surface area contributed by atoms with Gasteiger partial charge in [0.1, 0.15) is 11.6 Å². The maximum Gasteiger partial charge on any atom is 0.165 e. The molecule has 5 rings (SSSR count). The summed E-state index contributed by atoms with van der Waals surface area (Å²) in [5.74, 6) is 1.77. The Balaban J connectivity index is 1.47. The normalized spacial score (nSPS) is 17.5. The Morgan fingerprint density at radius 3 is 2.75 bits per heavy atom. The highest BCUT2D eigenvalue weighted by Crippen LogP contribution is 2.30. The molecule has 1 aliphatic carbocycles. The first kappa shape index (κ1) is 20.6. The third-order valence-corrected chi connectivity index (χ3v) is 6.49. The Morgan fingerprint density at radius 2 is 1.91 bits per heavy atom. The van der Waals surface area contributed by atoms with Gasteiger partial charge in [-0.25, -0.2) is 9.97 Å². The van der Waals surface area contributed by atoms with E-state index in [0.29, 0.717) is 17.7 Å². The monoisotopic (exact) mass is 427 g/mol. The zero-order valence-corrected chi connectivity index (χ0v) is 18.8. The minimum Gasteiger partial charge on any atom is -0.370 e. The number of ketones is 1. The van der Waals surface area contributed by atoms with Gasteiger partial charge in [0.05, 0.1) is 5.69 Å². The topological polar surface area (TPSA) is 54.3 Å². The number of imidazole rings is 1. The van der Waals surface area contributed by atoms with Crippen LogP contribution in [0.5, 0.6) is 0 Å². The first-order valence-electron chi connectivity index (χ1n) is 11.4. The van der Waals surface area contributed by atoms with Crippen molar-refractivity contribution >= 4 is 23.1 Å². The first-order chi connectivity index (χ1) is 15.6. The van der Waals surface area contributed by atoms with Crippen molar-refractivity contribution < 1.29 is 4.79 Å². The van der Waals surface area contributed by atoms with Crippen LogP contribution in [0.1, 0.15) is 35.5 Å². The molecule has 0 N–H and O–H groups in total. The molecule has 32 heavy (non-hydrogen) atoms. The largest absolute Gasteiger partial charge is 0.370 e. The number of Topliss-reactive ketones (excluding diaryl/α,β-unsaturated/α-hetero) is 1. The number of nitrogens with zero attached hydrogens (tertiary/aromatic N) is 5. The molecule has 0 unspecified atom stereocenters. The van der Waals surface area contributed by atoms with Crippen molar-refractivity contribution in [2.45, 2.75) is 26.2 Å². The number of aryl methyl sites for hydroxylation is 2. The lowest BCUT2D eigenvalue weighted by Gasteiger charge is -2.24. The molecular formula is C26H29N5O. The highest BCUT2D eigenvalue weighted by Gasteiger charge is 2.22. The van der Waals surface area contributed by atoms with E-state index in [9.17, 15) is 4.79 Å². The molecule has 0 radical (unpaired) electrons. The van der Waals surface area contributed by atoms with Gasteiger partial charge in [0.25, 0.3) is 0 Å². The zero-order chi connectivity index (χ0) is 22.1. The second-order valence-corrected chi connectivity index (χ2v) is 8.74. The van der Waals surface area contributed by atoms with Gasteiger partial charge in [-0.1, -0.05) is 12.1 Å². The van der Waals surface area contributed by atoms with E-state index in [0.717, 1.165) is 49.8 Å². The Bertz CT molecular complexity index is 1160. The number of carbonyl (C=O) groups excluding carboxylic acids is 1. The molecule has 6 nitrogen and oxygen atoms in total. The van der Waals surface area contributed by atoms with Crippen LogP contribution in [-0.2, 0) is 11.2 Å².